The molecule has 0 fully saturated rings. The third kappa shape index (κ3) is 2.88. The van der Waals surface area contributed by atoms with Crippen molar-refractivity contribution in [2.45, 2.75) is 6.54 Å². The fraction of sp³-hybridized carbons (Fsp3) is 0.250. The lowest BCUT2D eigenvalue weighted by Gasteiger charge is -1.98. The number of carbonyl (C=O) groups is 1. The van der Waals surface area contributed by atoms with Crippen molar-refractivity contribution in [3.8, 4) is 10.4 Å². The molecule has 0 radical (unpaired) electrons. The van der Waals surface area contributed by atoms with Crippen molar-refractivity contribution in [3.63, 3.8) is 0 Å². The second-order valence-electron chi connectivity index (χ2n) is 4.89. The molecule has 3 aromatic heterocycles. The number of fused-ring (bicyclic) bond motifs is 1. The van der Waals surface area contributed by atoms with Crippen LogP contribution in [0.25, 0.3) is 15.3 Å². The van der Waals surface area contributed by atoms with Gasteiger partial charge in [0.25, 0.3) is 5.91 Å². The summed E-state index contributed by atoms with van der Waals surface area (Å²) in [5, 5.41) is 8.23. The highest BCUT2D eigenvalue weighted by Gasteiger charge is 2.14. The number of hydrogen-bond acceptors (Lipinski definition) is 6. The van der Waals surface area contributed by atoms with E-state index in [1.165, 1.54) is 23.8 Å². The Labute approximate surface area is 130 Å². The van der Waals surface area contributed by atoms with Crippen molar-refractivity contribution in [3.05, 3.63) is 30.4 Å². The topological polar surface area (TPSA) is 112 Å². The van der Waals surface area contributed by atoms with E-state index in [1.54, 1.807) is 27.8 Å². The maximum Gasteiger partial charge on any atom is 0.253 e. The van der Waals surface area contributed by atoms with Gasteiger partial charge in [-0.05, 0) is 0 Å². The van der Waals surface area contributed by atoms with Crippen LogP contribution in [0, 0.1) is 0 Å². The molecule has 8 nitrogen and oxygen atoms in total. The summed E-state index contributed by atoms with van der Waals surface area (Å²) in [4.78, 5) is 12.9. The third-order valence-corrected chi connectivity index (χ3v) is 5.16. The van der Waals surface area contributed by atoms with Gasteiger partial charge in [-0.3, -0.25) is 9.48 Å². The van der Waals surface area contributed by atoms with Crippen molar-refractivity contribution >= 4 is 31.9 Å². The average Bonchev–Trinajstić information content (AvgIpc) is 3.09. The summed E-state index contributed by atoms with van der Waals surface area (Å²) in [6.45, 7) is 0.299. The van der Waals surface area contributed by atoms with Crippen LogP contribution < -0.4 is 5.73 Å². The van der Waals surface area contributed by atoms with E-state index in [1.807, 2.05) is 0 Å². The highest BCUT2D eigenvalue weighted by atomic mass is 32.2. The lowest BCUT2D eigenvalue weighted by molar-refractivity contribution is 0.100. The predicted octanol–water partition coefficient (Wildman–Crippen LogP) is 0.403. The summed E-state index contributed by atoms with van der Waals surface area (Å²) in [6.07, 6.45) is 7.83. The number of nitrogens with zero attached hydrogens (tertiary/aromatic N) is 4. The summed E-state index contributed by atoms with van der Waals surface area (Å²) < 4.78 is 25.5. The second kappa shape index (κ2) is 5.21. The Morgan fingerprint density at radius 2 is 2.09 bits per heavy atom. The van der Waals surface area contributed by atoms with Gasteiger partial charge in [-0.2, -0.15) is 10.2 Å². The van der Waals surface area contributed by atoms with Crippen LogP contribution in [0.3, 0.4) is 0 Å². The lowest BCUT2D eigenvalue weighted by Crippen LogP contribution is -2.11. The molecule has 0 atom stereocenters. The molecule has 0 aromatic carbocycles. The Morgan fingerprint density at radius 1 is 1.32 bits per heavy atom. The summed E-state index contributed by atoms with van der Waals surface area (Å²) >= 11 is 1.38. The fourth-order valence-electron chi connectivity index (χ4n) is 1.96. The highest BCUT2D eigenvalue weighted by molar-refractivity contribution is 7.90. The second-order valence-corrected chi connectivity index (χ2v) is 8.18. The summed E-state index contributed by atoms with van der Waals surface area (Å²) in [5.74, 6) is -0.486. The van der Waals surface area contributed by atoms with Gasteiger partial charge in [0.15, 0.2) is 0 Å². The molecule has 0 aliphatic rings. The molecular weight excluding hydrogens is 326 g/mol. The Bertz CT molecular complexity index is 951. The summed E-state index contributed by atoms with van der Waals surface area (Å²) in [7, 11) is -3.03. The number of primary amides is 1. The highest BCUT2D eigenvalue weighted by Crippen LogP contribution is 2.29. The first-order valence-corrected chi connectivity index (χ1v) is 9.19. The molecular formula is C12H13N5O3S2. The normalized spacial score (nSPS) is 12.0. The van der Waals surface area contributed by atoms with E-state index in [0.29, 0.717) is 16.9 Å². The van der Waals surface area contributed by atoms with E-state index in [0.717, 1.165) is 10.4 Å². The number of aromatic nitrogens is 4. The SMILES string of the molecule is CS(=O)(=O)CCn1cc(-c2cn3ncc(C(N)=O)c3s2)cn1. The van der Waals surface area contributed by atoms with Gasteiger partial charge in [0.2, 0.25) is 0 Å². The van der Waals surface area contributed by atoms with Crippen LogP contribution in [0.5, 0.6) is 0 Å². The summed E-state index contributed by atoms with van der Waals surface area (Å²) in [5.41, 5.74) is 6.51. The minimum Gasteiger partial charge on any atom is -0.365 e. The number of rotatable bonds is 5. The van der Waals surface area contributed by atoms with Crippen molar-refractivity contribution in [2.75, 3.05) is 12.0 Å². The van der Waals surface area contributed by atoms with Crippen molar-refractivity contribution < 1.29 is 13.2 Å². The lowest BCUT2D eigenvalue weighted by atomic mass is 10.3. The zero-order valence-electron chi connectivity index (χ0n) is 11.6. The Balaban J connectivity index is 1.88. The number of nitrogens with two attached hydrogens (primary N) is 1. The number of hydrogen-bond donors (Lipinski definition) is 1. The predicted molar refractivity (Wildman–Crippen MR) is 82.5 cm³/mol. The number of amides is 1. The minimum absolute atomic E-state index is 0.0354. The molecule has 3 heterocycles. The van der Waals surface area contributed by atoms with Crippen molar-refractivity contribution in [2.24, 2.45) is 5.73 Å². The van der Waals surface area contributed by atoms with E-state index in [2.05, 4.69) is 10.2 Å². The number of aryl methyl sites for hydroxylation is 1. The van der Waals surface area contributed by atoms with E-state index >= 15 is 0 Å². The Morgan fingerprint density at radius 3 is 2.77 bits per heavy atom. The standard InChI is InChI=1S/C12H13N5O3S2/c1-22(19,20)3-2-16-6-8(4-14-16)10-7-17-12(21-10)9(5-15-17)11(13)18/h4-7H,2-3H2,1H3,(H2,13,18). The van der Waals surface area contributed by atoms with Crippen LogP contribution in [0.2, 0.25) is 0 Å². The number of carbonyl (C=O) groups excluding carboxylic acids is 1. The molecule has 22 heavy (non-hydrogen) atoms. The van der Waals surface area contributed by atoms with Gasteiger partial charge < -0.3 is 5.73 Å². The van der Waals surface area contributed by atoms with Gasteiger partial charge in [-0.25, -0.2) is 12.9 Å². The molecule has 0 unspecified atom stereocenters. The number of thiazole rings is 1. The molecule has 116 valence electrons. The van der Waals surface area contributed by atoms with E-state index in [4.69, 9.17) is 5.73 Å². The van der Waals surface area contributed by atoms with Gasteiger partial charge in [-0.15, -0.1) is 11.3 Å². The molecule has 0 bridgehead atoms. The van der Waals surface area contributed by atoms with Crippen LogP contribution in [0.15, 0.2) is 24.8 Å². The molecule has 3 rings (SSSR count). The first-order chi connectivity index (χ1) is 10.3. The van der Waals surface area contributed by atoms with Crippen LogP contribution in [0.1, 0.15) is 10.4 Å². The number of sulfone groups is 1. The van der Waals surface area contributed by atoms with Crippen molar-refractivity contribution in [1.29, 1.82) is 0 Å². The maximum absolute atomic E-state index is 11.3. The first-order valence-electron chi connectivity index (χ1n) is 6.31. The Kier molecular flexibility index (Phi) is 3.49. The van der Waals surface area contributed by atoms with Gasteiger partial charge in [-0.1, -0.05) is 0 Å². The van der Waals surface area contributed by atoms with Crippen LogP contribution in [0.4, 0.5) is 0 Å². The van der Waals surface area contributed by atoms with Crippen LogP contribution in [-0.4, -0.2) is 45.7 Å². The molecule has 2 N–H and O–H groups in total. The van der Waals surface area contributed by atoms with Gasteiger partial charge in [0.05, 0.1) is 35.1 Å². The van der Waals surface area contributed by atoms with Crippen LogP contribution >= 0.6 is 11.3 Å². The summed E-state index contributed by atoms with van der Waals surface area (Å²) in [6, 6.07) is 0. The fourth-order valence-corrected chi connectivity index (χ4v) is 3.52. The van der Waals surface area contributed by atoms with E-state index in [-0.39, 0.29) is 5.75 Å². The molecule has 0 aliphatic carbocycles. The molecule has 0 saturated heterocycles. The first kappa shape index (κ1) is 14.7. The smallest absolute Gasteiger partial charge is 0.253 e. The average molecular weight is 339 g/mol. The van der Waals surface area contributed by atoms with Crippen molar-refractivity contribution in [1.82, 2.24) is 19.4 Å². The van der Waals surface area contributed by atoms with Gasteiger partial charge >= 0.3 is 0 Å². The monoisotopic (exact) mass is 339 g/mol. The maximum atomic E-state index is 11.3. The molecule has 0 spiro atoms. The molecule has 10 heteroatoms. The zero-order chi connectivity index (χ0) is 15.9. The molecule has 1 amide bonds. The van der Waals surface area contributed by atoms with Gasteiger partial charge in [0, 0.05) is 24.2 Å². The third-order valence-electron chi connectivity index (χ3n) is 3.07. The zero-order valence-corrected chi connectivity index (χ0v) is 13.3. The van der Waals surface area contributed by atoms with Crippen LogP contribution in [-0.2, 0) is 16.4 Å². The Hall–Kier alpha value is -2.20. The largest absolute Gasteiger partial charge is 0.365 e. The molecule has 3 aromatic rings. The minimum atomic E-state index is -3.03. The van der Waals surface area contributed by atoms with E-state index in [9.17, 15) is 13.2 Å². The molecule has 0 aliphatic heterocycles. The van der Waals surface area contributed by atoms with E-state index < -0.39 is 15.7 Å². The quantitative estimate of drug-likeness (QED) is 0.723. The van der Waals surface area contributed by atoms with Gasteiger partial charge in [0.1, 0.15) is 14.7 Å². The molecule has 0 saturated carbocycles.